The number of nitrogens with zero attached hydrogens (tertiary/aromatic N) is 3. The van der Waals surface area contributed by atoms with E-state index in [1.807, 2.05) is 49.6 Å². The predicted molar refractivity (Wildman–Crippen MR) is 91.2 cm³/mol. The Morgan fingerprint density at radius 1 is 0.917 bits per heavy atom. The molecule has 0 aliphatic carbocycles. The Morgan fingerprint density at radius 2 is 1.75 bits per heavy atom. The van der Waals surface area contributed by atoms with Gasteiger partial charge in [-0.1, -0.05) is 30.3 Å². The summed E-state index contributed by atoms with van der Waals surface area (Å²) in [6.07, 6.45) is 4.15. The average molecular weight is 317 g/mol. The number of fused-ring (bicyclic) bond motifs is 2. The van der Waals surface area contributed by atoms with E-state index in [1.165, 1.54) is 5.56 Å². The maximum absolute atomic E-state index is 5.45. The molecule has 5 rings (SSSR count). The van der Waals surface area contributed by atoms with Crippen LogP contribution in [-0.4, -0.2) is 20.7 Å². The zero-order valence-corrected chi connectivity index (χ0v) is 13.1. The molecule has 0 fully saturated rings. The third-order valence-electron chi connectivity index (χ3n) is 4.37. The molecule has 3 heterocycles. The Balaban J connectivity index is 1.60. The average Bonchev–Trinajstić information content (AvgIpc) is 3.31. The lowest BCUT2D eigenvalue weighted by atomic mass is 10.1. The molecule has 0 unspecified atom stereocenters. The van der Waals surface area contributed by atoms with Gasteiger partial charge < -0.3 is 14.0 Å². The number of aryl methyl sites for hydroxylation is 1. The molecule has 1 aliphatic heterocycles. The van der Waals surface area contributed by atoms with Gasteiger partial charge in [-0.15, -0.1) is 0 Å². The SMILES string of the molecule is Cn1c(-c2ccccc2)cn2cc(-c3ccc4c(c3)OCO4)nc12. The lowest BCUT2D eigenvalue weighted by Crippen LogP contribution is -1.93. The molecule has 0 N–H and O–H groups in total. The highest BCUT2D eigenvalue weighted by Crippen LogP contribution is 2.36. The van der Waals surface area contributed by atoms with Crippen molar-refractivity contribution >= 4 is 5.78 Å². The third-order valence-corrected chi connectivity index (χ3v) is 4.37. The summed E-state index contributed by atoms with van der Waals surface area (Å²) in [4.78, 5) is 4.78. The van der Waals surface area contributed by atoms with E-state index in [9.17, 15) is 0 Å². The second-order valence-electron chi connectivity index (χ2n) is 5.84. The summed E-state index contributed by atoms with van der Waals surface area (Å²) in [6.45, 7) is 0.282. The van der Waals surface area contributed by atoms with Crippen LogP contribution in [0.15, 0.2) is 60.9 Å². The van der Waals surface area contributed by atoms with Crippen molar-refractivity contribution in [3.8, 4) is 34.0 Å². The van der Waals surface area contributed by atoms with E-state index in [4.69, 9.17) is 14.5 Å². The predicted octanol–water partition coefficient (Wildman–Crippen LogP) is 3.74. The first-order valence-electron chi connectivity index (χ1n) is 7.79. The summed E-state index contributed by atoms with van der Waals surface area (Å²) >= 11 is 0. The molecule has 1 aliphatic rings. The molecule has 4 aromatic rings. The number of imidazole rings is 2. The minimum atomic E-state index is 0.282. The summed E-state index contributed by atoms with van der Waals surface area (Å²) in [5.41, 5.74) is 4.24. The Bertz CT molecular complexity index is 1050. The molecule has 0 saturated carbocycles. The molecule has 24 heavy (non-hydrogen) atoms. The molecule has 5 nitrogen and oxygen atoms in total. The topological polar surface area (TPSA) is 40.7 Å². The largest absolute Gasteiger partial charge is 0.454 e. The van der Waals surface area contributed by atoms with Crippen LogP contribution in [0, 0.1) is 0 Å². The maximum atomic E-state index is 5.45. The van der Waals surface area contributed by atoms with Gasteiger partial charge in [0, 0.05) is 25.0 Å². The highest BCUT2D eigenvalue weighted by atomic mass is 16.7. The van der Waals surface area contributed by atoms with Crippen LogP contribution in [0.5, 0.6) is 11.5 Å². The summed E-state index contributed by atoms with van der Waals surface area (Å²) in [6, 6.07) is 16.2. The minimum absolute atomic E-state index is 0.282. The van der Waals surface area contributed by atoms with Gasteiger partial charge in [-0.3, -0.25) is 4.40 Å². The number of hydrogen-bond donors (Lipinski definition) is 0. The molecule has 2 aromatic carbocycles. The summed E-state index contributed by atoms with van der Waals surface area (Å²) < 4.78 is 15.0. The number of rotatable bonds is 2. The van der Waals surface area contributed by atoms with Crippen LogP contribution >= 0.6 is 0 Å². The molecule has 0 spiro atoms. The first-order chi connectivity index (χ1) is 11.8. The normalized spacial score (nSPS) is 12.9. The first-order valence-corrected chi connectivity index (χ1v) is 7.79. The summed E-state index contributed by atoms with van der Waals surface area (Å²) in [5, 5.41) is 0. The van der Waals surface area contributed by atoms with Crippen LogP contribution in [0.25, 0.3) is 28.3 Å². The van der Waals surface area contributed by atoms with Crippen molar-refractivity contribution in [2.24, 2.45) is 7.05 Å². The monoisotopic (exact) mass is 317 g/mol. The van der Waals surface area contributed by atoms with Crippen molar-refractivity contribution in [3.05, 3.63) is 60.9 Å². The molecule has 0 radical (unpaired) electrons. The van der Waals surface area contributed by atoms with Crippen molar-refractivity contribution in [2.45, 2.75) is 0 Å². The second kappa shape index (κ2) is 4.89. The van der Waals surface area contributed by atoms with Crippen molar-refractivity contribution in [3.63, 3.8) is 0 Å². The van der Waals surface area contributed by atoms with Crippen molar-refractivity contribution in [1.82, 2.24) is 14.0 Å². The molecular weight excluding hydrogens is 302 g/mol. The van der Waals surface area contributed by atoms with E-state index < -0.39 is 0 Å². The van der Waals surface area contributed by atoms with E-state index >= 15 is 0 Å². The van der Waals surface area contributed by atoms with Crippen LogP contribution in [0.2, 0.25) is 0 Å². The van der Waals surface area contributed by atoms with Gasteiger partial charge in [-0.2, -0.15) is 0 Å². The number of hydrogen-bond acceptors (Lipinski definition) is 3. The van der Waals surface area contributed by atoms with E-state index in [0.717, 1.165) is 34.2 Å². The van der Waals surface area contributed by atoms with E-state index in [1.54, 1.807) is 0 Å². The molecule has 0 bridgehead atoms. The van der Waals surface area contributed by atoms with E-state index in [2.05, 4.69) is 27.3 Å². The smallest absolute Gasteiger partial charge is 0.231 e. The minimum Gasteiger partial charge on any atom is -0.454 e. The van der Waals surface area contributed by atoms with Crippen LogP contribution in [0.4, 0.5) is 0 Å². The fourth-order valence-corrected chi connectivity index (χ4v) is 3.13. The van der Waals surface area contributed by atoms with Gasteiger partial charge in [0.05, 0.1) is 11.4 Å². The first kappa shape index (κ1) is 13.2. The van der Waals surface area contributed by atoms with Crippen molar-refractivity contribution in [1.29, 1.82) is 0 Å². The van der Waals surface area contributed by atoms with E-state index in [0.29, 0.717) is 0 Å². The zero-order chi connectivity index (χ0) is 16.1. The zero-order valence-electron chi connectivity index (χ0n) is 13.1. The number of ether oxygens (including phenoxy) is 2. The van der Waals surface area contributed by atoms with Gasteiger partial charge in [0.1, 0.15) is 0 Å². The van der Waals surface area contributed by atoms with Crippen LogP contribution in [-0.2, 0) is 7.05 Å². The lowest BCUT2D eigenvalue weighted by molar-refractivity contribution is 0.174. The molecule has 5 heteroatoms. The Kier molecular flexibility index (Phi) is 2.70. The Morgan fingerprint density at radius 3 is 2.58 bits per heavy atom. The quantitative estimate of drug-likeness (QED) is 0.565. The van der Waals surface area contributed by atoms with Gasteiger partial charge in [-0.25, -0.2) is 4.98 Å². The molecule has 0 atom stereocenters. The van der Waals surface area contributed by atoms with Gasteiger partial charge in [0.25, 0.3) is 0 Å². The fourth-order valence-electron chi connectivity index (χ4n) is 3.13. The van der Waals surface area contributed by atoms with Crippen LogP contribution < -0.4 is 9.47 Å². The summed E-state index contributed by atoms with van der Waals surface area (Å²) in [7, 11) is 2.04. The van der Waals surface area contributed by atoms with Crippen molar-refractivity contribution < 1.29 is 9.47 Å². The number of benzene rings is 2. The van der Waals surface area contributed by atoms with Gasteiger partial charge in [-0.05, 0) is 23.8 Å². The third kappa shape index (κ3) is 1.91. The van der Waals surface area contributed by atoms with Crippen molar-refractivity contribution in [2.75, 3.05) is 6.79 Å². The molecule has 0 saturated heterocycles. The molecule has 2 aromatic heterocycles. The Hall–Kier alpha value is -3.21. The van der Waals surface area contributed by atoms with Gasteiger partial charge in [0.2, 0.25) is 12.6 Å². The molecule has 0 amide bonds. The molecular formula is C19H15N3O2. The standard InChI is InChI=1S/C19H15N3O2/c1-21-16(13-5-3-2-4-6-13)11-22-10-15(20-19(21)22)14-7-8-17-18(9-14)24-12-23-17/h2-11H,12H2,1H3. The highest BCUT2D eigenvalue weighted by Gasteiger charge is 2.16. The lowest BCUT2D eigenvalue weighted by Gasteiger charge is -2.02. The second-order valence-corrected chi connectivity index (χ2v) is 5.84. The summed E-state index contributed by atoms with van der Waals surface area (Å²) in [5.74, 6) is 2.46. The van der Waals surface area contributed by atoms with Crippen LogP contribution in [0.3, 0.4) is 0 Å². The fraction of sp³-hybridized carbons (Fsp3) is 0.105. The van der Waals surface area contributed by atoms with Gasteiger partial charge >= 0.3 is 0 Å². The van der Waals surface area contributed by atoms with Crippen LogP contribution in [0.1, 0.15) is 0 Å². The maximum Gasteiger partial charge on any atom is 0.231 e. The highest BCUT2D eigenvalue weighted by molar-refractivity contribution is 5.68. The molecule has 118 valence electrons. The van der Waals surface area contributed by atoms with E-state index in [-0.39, 0.29) is 6.79 Å². The Labute approximate surface area is 138 Å². The van der Waals surface area contributed by atoms with Gasteiger partial charge in [0.15, 0.2) is 11.5 Å². The number of aromatic nitrogens is 3.